The van der Waals surface area contributed by atoms with Crippen molar-refractivity contribution in [1.82, 2.24) is 5.32 Å². The van der Waals surface area contributed by atoms with Crippen molar-refractivity contribution in [3.05, 3.63) is 23.8 Å². The molecule has 0 bridgehead atoms. The Hall–Kier alpha value is -1.26. The lowest BCUT2D eigenvalue weighted by atomic mass is 10.2. The van der Waals surface area contributed by atoms with Crippen LogP contribution in [0.1, 0.15) is 45.1 Å². The van der Waals surface area contributed by atoms with Crippen molar-refractivity contribution < 1.29 is 14.2 Å². The Morgan fingerprint density at radius 1 is 0.955 bits per heavy atom. The van der Waals surface area contributed by atoms with Crippen molar-refractivity contribution in [1.29, 1.82) is 0 Å². The maximum Gasteiger partial charge on any atom is 0.161 e. The van der Waals surface area contributed by atoms with Gasteiger partial charge >= 0.3 is 0 Å². The van der Waals surface area contributed by atoms with Crippen LogP contribution >= 0.6 is 0 Å². The van der Waals surface area contributed by atoms with E-state index in [1.54, 1.807) is 7.11 Å². The molecule has 0 radical (unpaired) electrons. The summed E-state index contributed by atoms with van der Waals surface area (Å²) in [6, 6.07) is 6.10. The molecular formula is C18H31NO3. The van der Waals surface area contributed by atoms with Gasteiger partial charge < -0.3 is 19.5 Å². The van der Waals surface area contributed by atoms with E-state index in [0.717, 1.165) is 57.1 Å². The molecule has 0 aliphatic rings. The Kier molecular flexibility index (Phi) is 10.5. The normalized spacial score (nSPS) is 10.7. The molecule has 0 saturated carbocycles. The summed E-state index contributed by atoms with van der Waals surface area (Å²) in [5.41, 5.74) is 1.20. The van der Waals surface area contributed by atoms with Crippen LogP contribution in [0.25, 0.3) is 0 Å². The molecule has 1 rings (SSSR count). The molecule has 1 aromatic carbocycles. The summed E-state index contributed by atoms with van der Waals surface area (Å²) < 4.78 is 16.6. The van der Waals surface area contributed by atoms with Gasteiger partial charge in [0.25, 0.3) is 0 Å². The minimum atomic E-state index is 0.714. The van der Waals surface area contributed by atoms with Crippen LogP contribution in [0.3, 0.4) is 0 Å². The Bertz CT molecular complexity index is 396. The van der Waals surface area contributed by atoms with Gasteiger partial charge in [0, 0.05) is 19.8 Å². The third-order valence-corrected chi connectivity index (χ3v) is 3.30. The molecule has 0 aliphatic carbocycles. The average molecular weight is 309 g/mol. The van der Waals surface area contributed by atoms with E-state index in [1.165, 1.54) is 12.0 Å². The number of hydrogen-bond donors (Lipinski definition) is 1. The fourth-order valence-electron chi connectivity index (χ4n) is 2.03. The number of ether oxygens (including phenoxy) is 3. The second-order valence-corrected chi connectivity index (χ2v) is 5.33. The Balaban J connectivity index is 2.25. The molecule has 1 N–H and O–H groups in total. The van der Waals surface area contributed by atoms with Crippen LogP contribution in [0.4, 0.5) is 0 Å². The van der Waals surface area contributed by atoms with E-state index >= 15 is 0 Å². The van der Waals surface area contributed by atoms with Gasteiger partial charge in [0.15, 0.2) is 11.5 Å². The minimum Gasteiger partial charge on any atom is -0.493 e. The zero-order valence-electron chi connectivity index (χ0n) is 14.3. The van der Waals surface area contributed by atoms with Crippen LogP contribution in [0, 0.1) is 0 Å². The number of hydrogen-bond acceptors (Lipinski definition) is 4. The van der Waals surface area contributed by atoms with Crippen molar-refractivity contribution in [2.45, 2.75) is 46.1 Å². The zero-order valence-corrected chi connectivity index (χ0v) is 14.3. The van der Waals surface area contributed by atoms with Gasteiger partial charge in [-0.05, 0) is 43.5 Å². The number of benzene rings is 1. The summed E-state index contributed by atoms with van der Waals surface area (Å²) in [6.45, 7) is 8.50. The van der Waals surface area contributed by atoms with Crippen LogP contribution in [-0.4, -0.2) is 33.5 Å². The molecule has 1 aromatic rings. The lowest BCUT2D eigenvalue weighted by molar-refractivity contribution is 0.129. The van der Waals surface area contributed by atoms with Gasteiger partial charge in [-0.15, -0.1) is 0 Å². The van der Waals surface area contributed by atoms with Gasteiger partial charge in [0.1, 0.15) is 0 Å². The van der Waals surface area contributed by atoms with E-state index in [2.05, 4.69) is 25.2 Å². The lowest BCUT2D eigenvalue weighted by Crippen LogP contribution is -2.16. The third-order valence-electron chi connectivity index (χ3n) is 3.30. The molecule has 0 amide bonds. The highest BCUT2D eigenvalue weighted by atomic mass is 16.5. The summed E-state index contributed by atoms with van der Waals surface area (Å²) in [7, 11) is 1.68. The monoisotopic (exact) mass is 309 g/mol. The van der Waals surface area contributed by atoms with Crippen molar-refractivity contribution in [3.8, 4) is 11.5 Å². The maximum absolute atomic E-state index is 5.66. The standard InChI is InChI=1S/C18H31NO3/c1-4-6-12-21-13-7-10-19-15-16-8-9-17(22-11-5-2)18(14-16)20-3/h8-9,14,19H,4-7,10-13,15H2,1-3H3. The Morgan fingerprint density at radius 2 is 1.77 bits per heavy atom. The Morgan fingerprint density at radius 3 is 2.50 bits per heavy atom. The van der Waals surface area contributed by atoms with E-state index in [4.69, 9.17) is 14.2 Å². The van der Waals surface area contributed by atoms with Crippen molar-refractivity contribution in [2.24, 2.45) is 0 Å². The molecule has 0 spiro atoms. The highest BCUT2D eigenvalue weighted by Crippen LogP contribution is 2.28. The third kappa shape index (κ3) is 7.66. The van der Waals surface area contributed by atoms with Crippen molar-refractivity contribution in [3.63, 3.8) is 0 Å². The van der Waals surface area contributed by atoms with E-state index in [9.17, 15) is 0 Å². The summed E-state index contributed by atoms with van der Waals surface area (Å²) in [5.74, 6) is 1.62. The van der Waals surface area contributed by atoms with Gasteiger partial charge in [-0.2, -0.15) is 0 Å². The van der Waals surface area contributed by atoms with E-state index in [0.29, 0.717) is 6.61 Å². The van der Waals surface area contributed by atoms with Crippen LogP contribution in [0.5, 0.6) is 11.5 Å². The maximum atomic E-state index is 5.66. The molecule has 0 fully saturated rings. The predicted molar refractivity (Wildman–Crippen MR) is 90.8 cm³/mol. The van der Waals surface area contributed by atoms with E-state index in [-0.39, 0.29) is 0 Å². The fraction of sp³-hybridized carbons (Fsp3) is 0.667. The molecule has 0 unspecified atom stereocenters. The first-order valence-corrected chi connectivity index (χ1v) is 8.40. The quantitative estimate of drug-likeness (QED) is 0.563. The highest BCUT2D eigenvalue weighted by Gasteiger charge is 2.05. The Labute approximate surface area is 135 Å². The number of nitrogens with one attached hydrogen (secondary N) is 1. The molecule has 0 saturated heterocycles. The molecule has 0 heterocycles. The first-order chi connectivity index (χ1) is 10.8. The van der Waals surface area contributed by atoms with Gasteiger partial charge in [-0.1, -0.05) is 26.3 Å². The van der Waals surface area contributed by atoms with Gasteiger partial charge in [0.05, 0.1) is 13.7 Å². The second-order valence-electron chi connectivity index (χ2n) is 5.33. The first-order valence-electron chi connectivity index (χ1n) is 8.40. The number of methoxy groups -OCH3 is 1. The smallest absolute Gasteiger partial charge is 0.161 e. The van der Waals surface area contributed by atoms with Crippen LogP contribution in [-0.2, 0) is 11.3 Å². The summed E-state index contributed by atoms with van der Waals surface area (Å²) in [6.07, 6.45) is 4.38. The predicted octanol–water partition coefficient (Wildman–Crippen LogP) is 3.78. The summed E-state index contributed by atoms with van der Waals surface area (Å²) in [5, 5.41) is 3.43. The van der Waals surface area contributed by atoms with Gasteiger partial charge in [-0.25, -0.2) is 0 Å². The van der Waals surface area contributed by atoms with Gasteiger partial charge in [0.2, 0.25) is 0 Å². The largest absolute Gasteiger partial charge is 0.493 e. The molecule has 0 atom stereocenters. The van der Waals surface area contributed by atoms with Crippen molar-refractivity contribution >= 4 is 0 Å². The topological polar surface area (TPSA) is 39.7 Å². The van der Waals surface area contributed by atoms with E-state index in [1.807, 2.05) is 12.1 Å². The number of unbranched alkanes of at least 4 members (excludes halogenated alkanes) is 1. The van der Waals surface area contributed by atoms with Crippen LogP contribution in [0.2, 0.25) is 0 Å². The molecule has 4 heteroatoms. The van der Waals surface area contributed by atoms with Crippen molar-refractivity contribution in [2.75, 3.05) is 33.5 Å². The molecule has 0 aliphatic heterocycles. The molecular weight excluding hydrogens is 278 g/mol. The molecule has 4 nitrogen and oxygen atoms in total. The average Bonchev–Trinajstić information content (AvgIpc) is 2.55. The highest BCUT2D eigenvalue weighted by molar-refractivity contribution is 5.42. The minimum absolute atomic E-state index is 0.714. The second kappa shape index (κ2) is 12.3. The molecule has 22 heavy (non-hydrogen) atoms. The van der Waals surface area contributed by atoms with Gasteiger partial charge in [-0.3, -0.25) is 0 Å². The summed E-state index contributed by atoms with van der Waals surface area (Å²) >= 11 is 0. The fourth-order valence-corrected chi connectivity index (χ4v) is 2.03. The van der Waals surface area contributed by atoms with Crippen LogP contribution < -0.4 is 14.8 Å². The van der Waals surface area contributed by atoms with E-state index < -0.39 is 0 Å². The first kappa shape index (κ1) is 18.8. The zero-order chi connectivity index (χ0) is 16.0. The SMILES string of the molecule is CCCCOCCCNCc1ccc(OCCC)c(OC)c1. The number of rotatable bonds is 13. The summed E-state index contributed by atoms with van der Waals surface area (Å²) in [4.78, 5) is 0. The molecule has 126 valence electrons. The van der Waals surface area contributed by atoms with Crippen LogP contribution in [0.15, 0.2) is 18.2 Å². The lowest BCUT2D eigenvalue weighted by Gasteiger charge is -2.12. The molecule has 0 aromatic heterocycles.